The molecule has 0 spiro atoms. The number of halogens is 1. The van der Waals surface area contributed by atoms with Crippen molar-refractivity contribution in [3.8, 4) is 0 Å². The average Bonchev–Trinajstić information content (AvgIpc) is 2.84. The van der Waals surface area contributed by atoms with Crippen LogP contribution in [0.1, 0.15) is 55.2 Å². The van der Waals surface area contributed by atoms with Crippen LogP contribution in [0.4, 0.5) is 0 Å². The van der Waals surface area contributed by atoms with Gasteiger partial charge < -0.3 is 10.5 Å². The SMILES string of the molecule is N[C@@H](CC1CCCCC1)C(=O)OC(c1ccccc1)(c1ccccc1)c1ccccc1Cl. The number of carbonyl (C=O) groups is 1. The quantitative estimate of drug-likeness (QED) is 0.333. The Morgan fingerprint density at radius 2 is 1.41 bits per heavy atom. The van der Waals surface area contributed by atoms with E-state index in [1.54, 1.807) is 0 Å². The van der Waals surface area contributed by atoms with E-state index in [0.717, 1.165) is 29.5 Å². The van der Waals surface area contributed by atoms with Crippen LogP contribution in [0.5, 0.6) is 0 Å². The first kappa shape index (κ1) is 22.6. The average molecular weight is 448 g/mol. The van der Waals surface area contributed by atoms with E-state index < -0.39 is 17.6 Å². The van der Waals surface area contributed by atoms with Crippen LogP contribution in [0.25, 0.3) is 0 Å². The van der Waals surface area contributed by atoms with Gasteiger partial charge in [-0.05, 0) is 18.4 Å². The minimum absolute atomic E-state index is 0.400. The Morgan fingerprint density at radius 1 is 0.875 bits per heavy atom. The summed E-state index contributed by atoms with van der Waals surface area (Å²) in [7, 11) is 0. The Bertz CT molecular complexity index is 976. The van der Waals surface area contributed by atoms with Crippen molar-refractivity contribution >= 4 is 17.6 Å². The maximum absolute atomic E-state index is 13.5. The van der Waals surface area contributed by atoms with Gasteiger partial charge in [0.05, 0.1) is 0 Å². The van der Waals surface area contributed by atoms with Gasteiger partial charge in [0, 0.05) is 21.7 Å². The molecule has 3 aromatic carbocycles. The topological polar surface area (TPSA) is 52.3 Å². The summed E-state index contributed by atoms with van der Waals surface area (Å²) in [5.41, 5.74) is 7.61. The molecule has 2 N–H and O–H groups in total. The van der Waals surface area contributed by atoms with Gasteiger partial charge >= 0.3 is 5.97 Å². The molecule has 1 aliphatic carbocycles. The van der Waals surface area contributed by atoms with E-state index in [2.05, 4.69) is 0 Å². The molecule has 3 aromatic rings. The zero-order valence-corrected chi connectivity index (χ0v) is 19.0. The highest BCUT2D eigenvalue weighted by molar-refractivity contribution is 6.31. The number of esters is 1. The molecule has 0 aromatic heterocycles. The van der Waals surface area contributed by atoms with Crippen molar-refractivity contribution in [2.24, 2.45) is 11.7 Å². The first-order valence-corrected chi connectivity index (χ1v) is 11.8. The molecule has 1 atom stereocenters. The first-order chi connectivity index (χ1) is 15.6. The van der Waals surface area contributed by atoms with E-state index >= 15 is 0 Å². The summed E-state index contributed by atoms with van der Waals surface area (Å²) >= 11 is 6.70. The molecule has 1 saturated carbocycles. The Kier molecular flexibility index (Phi) is 7.29. The largest absolute Gasteiger partial charge is 0.443 e. The van der Waals surface area contributed by atoms with Crippen molar-refractivity contribution < 1.29 is 9.53 Å². The molecule has 0 bridgehead atoms. The van der Waals surface area contributed by atoms with Gasteiger partial charge in [-0.1, -0.05) is 123 Å². The minimum Gasteiger partial charge on any atom is -0.443 e. The summed E-state index contributed by atoms with van der Waals surface area (Å²) in [5, 5.41) is 0.536. The Balaban J connectivity index is 1.78. The molecular formula is C28H30ClNO2. The number of hydrogen-bond donors (Lipinski definition) is 1. The lowest BCUT2D eigenvalue weighted by atomic mass is 9.79. The lowest BCUT2D eigenvalue weighted by Crippen LogP contribution is -2.42. The van der Waals surface area contributed by atoms with Crippen LogP contribution in [0.2, 0.25) is 5.02 Å². The minimum atomic E-state index is -1.19. The normalized spacial score (nSPS) is 15.8. The summed E-state index contributed by atoms with van der Waals surface area (Å²) in [6.07, 6.45) is 6.62. The highest BCUT2D eigenvalue weighted by Gasteiger charge is 2.43. The summed E-state index contributed by atoms with van der Waals surface area (Å²) in [6, 6.07) is 26.4. The van der Waals surface area contributed by atoms with Crippen LogP contribution >= 0.6 is 11.6 Å². The Labute approximate surface area is 195 Å². The zero-order chi connectivity index (χ0) is 22.4. The van der Waals surface area contributed by atoms with Crippen molar-refractivity contribution in [1.29, 1.82) is 0 Å². The number of carbonyl (C=O) groups excluding carboxylic acids is 1. The lowest BCUT2D eigenvalue weighted by molar-refractivity contribution is -0.155. The molecule has 4 heteroatoms. The fraction of sp³-hybridized carbons (Fsp3) is 0.321. The lowest BCUT2D eigenvalue weighted by Gasteiger charge is -2.37. The summed E-state index contributed by atoms with van der Waals surface area (Å²) in [4.78, 5) is 13.5. The highest BCUT2D eigenvalue weighted by Crippen LogP contribution is 2.43. The maximum Gasteiger partial charge on any atom is 0.324 e. The number of rotatable bonds is 7. The molecule has 0 amide bonds. The maximum atomic E-state index is 13.5. The molecule has 1 fully saturated rings. The van der Waals surface area contributed by atoms with Gasteiger partial charge in [-0.15, -0.1) is 0 Å². The van der Waals surface area contributed by atoms with E-state index in [1.807, 2.05) is 84.9 Å². The van der Waals surface area contributed by atoms with E-state index in [1.165, 1.54) is 19.3 Å². The molecule has 166 valence electrons. The van der Waals surface area contributed by atoms with Crippen LogP contribution in [0.15, 0.2) is 84.9 Å². The third-order valence-electron chi connectivity index (χ3n) is 6.48. The second-order valence-corrected chi connectivity index (χ2v) is 9.07. The third kappa shape index (κ3) is 4.74. The Morgan fingerprint density at radius 3 is 1.97 bits per heavy atom. The smallest absolute Gasteiger partial charge is 0.324 e. The van der Waals surface area contributed by atoms with Crippen molar-refractivity contribution in [3.05, 3.63) is 107 Å². The third-order valence-corrected chi connectivity index (χ3v) is 6.81. The van der Waals surface area contributed by atoms with E-state index in [0.29, 0.717) is 17.4 Å². The van der Waals surface area contributed by atoms with Crippen LogP contribution in [0, 0.1) is 5.92 Å². The van der Waals surface area contributed by atoms with Gasteiger partial charge in [0.2, 0.25) is 0 Å². The number of hydrogen-bond acceptors (Lipinski definition) is 3. The van der Waals surface area contributed by atoms with Crippen LogP contribution < -0.4 is 5.73 Å². The fourth-order valence-electron chi connectivity index (χ4n) is 4.85. The van der Waals surface area contributed by atoms with Gasteiger partial charge in [0.15, 0.2) is 5.60 Å². The second-order valence-electron chi connectivity index (χ2n) is 8.66. The molecule has 0 unspecified atom stereocenters. The number of benzene rings is 3. The van der Waals surface area contributed by atoms with Gasteiger partial charge in [0.25, 0.3) is 0 Å². The summed E-state index contributed by atoms with van der Waals surface area (Å²) < 4.78 is 6.43. The molecular weight excluding hydrogens is 418 g/mol. The van der Waals surface area contributed by atoms with E-state index in [9.17, 15) is 4.79 Å². The van der Waals surface area contributed by atoms with Crippen LogP contribution in [-0.2, 0) is 15.1 Å². The molecule has 3 nitrogen and oxygen atoms in total. The van der Waals surface area contributed by atoms with Crippen molar-refractivity contribution in [2.75, 3.05) is 0 Å². The predicted molar refractivity (Wildman–Crippen MR) is 129 cm³/mol. The summed E-state index contributed by atoms with van der Waals surface area (Å²) in [5.74, 6) is 0.0812. The van der Waals surface area contributed by atoms with Gasteiger partial charge in [-0.3, -0.25) is 4.79 Å². The van der Waals surface area contributed by atoms with E-state index in [4.69, 9.17) is 22.1 Å². The molecule has 0 heterocycles. The van der Waals surface area contributed by atoms with Gasteiger partial charge in [0.1, 0.15) is 6.04 Å². The molecule has 0 aliphatic heterocycles. The standard InChI is InChI=1S/C28H30ClNO2/c29-25-19-11-10-18-24(25)28(22-14-6-2-7-15-22,23-16-8-3-9-17-23)32-27(31)26(30)20-21-12-4-1-5-13-21/h2-3,6-11,14-19,21,26H,1,4-5,12-13,20,30H2/t26-/m0/s1. The number of nitrogens with two attached hydrogens (primary N) is 1. The zero-order valence-electron chi connectivity index (χ0n) is 18.3. The van der Waals surface area contributed by atoms with Crippen LogP contribution in [-0.4, -0.2) is 12.0 Å². The molecule has 4 rings (SSSR count). The van der Waals surface area contributed by atoms with Crippen molar-refractivity contribution in [3.63, 3.8) is 0 Å². The summed E-state index contributed by atoms with van der Waals surface area (Å²) in [6.45, 7) is 0. The van der Waals surface area contributed by atoms with Crippen molar-refractivity contribution in [1.82, 2.24) is 0 Å². The molecule has 0 radical (unpaired) electrons. The van der Waals surface area contributed by atoms with Gasteiger partial charge in [-0.25, -0.2) is 0 Å². The monoisotopic (exact) mass is 447 g/mol. The second kappa shape index (κ2) is 10.3. The van der Waals surface area contributed by atoms with Crippen molar-refractivity contribution in [2.45, 2.75) is 50.2 Å². The molecule has 1 aliphatic rings. The fourth-order valence-corrected chi connectivity index (χ4v) is 5.12. The highest BCUT2D eigenvalue weighted by atomic mass is 35.5. The van der Waals surface area contributed by atoms with Gasteiger partial charge in [-0.2, -0.15) is 0 Å². The van der Waals surface area contributed by atoms with Crippen LogP contribution in [0.3, 0.4) is 0 Å². The predicted octanol–water partition coefficient (Wildman–Crippen LogP) is 6.47. The Hall–Kier alpha value is -2.62. The first-order valence-electron chi connectivity index (χ1n) is 11.5. The molecule has 0 saturated heterocycles. The number of ether oxygens (including phenoxy) is 1. The molecule has 32 heavy (non-hydrogen) atoms. The van der Waals surface area contributed by atoms with E-state index in [-0.39, 0.29) is 0 Å².